The summed E-state index contributed by atoms with van der Waals surface area (Å²) in [5.41, 5.74) is 4.92. The molecule has 1 aliphatic rings. The Labute approximate surface area is 174 Å². The summed E-state index contributed by atoms with van der Waals surface area (Å²) in [4.78, 5) is 14.9. The van der Waals surface area contributed by atoms with Crippen LogP contribution in [-0.2, 0) is 0 Å². The van der Waals surface area contributed by atoms with Crippen LogP contribution in [0.5, 0.6) is 11.5 Å². The molecule has 1 unspecified atom stereocenters. The van der Waals surface area contributed by atoms with Crippen molar-refractivity contribution in [3.63, 3.8) is 0 Å². The van der Waals surface area contributed by atoms with E-state index in [1.807, 2.05) is 50.2 Å². The summed E-state index contributed by atoms with van der Waals surface area (Å²) in [6, 6.07) is 11.0. The third-order valence-corrected chi connectivity index (χ3v) is 5.53. The van der Waals surface area contributed by atoms with E-state index in [1.54, 1.807) is 12.0 Å². The number of aromatic hydroxyl groups is 1. The molecular formula is C23H25N3O4. The number of aryl methyl sites for hydroxylation is 2. The van der Waals surface area contributed by atoms with Gasteiger partial charge in [0.05, 0.1) is 13.2 Å². The number of aliphatic hydroxyl groups is 1. The number of aliphatic hydroxyl groups excluding tert-OH is 1. The molecule has 0 radical (unpaired) electrons. The van der Waals surface area contributed by atoms with Crippen molar-refractivity contribution in [3.8, 4) is 22.8 Å². The summed E-state index contributed by atoms with van der Waals surface area (Å²) in [7, 11) is 1.60. The number of ether oxygens (including phenoxy) is 1. The molecule has 0 aliphatic carbocycles. The molecule has 1 aliphatic heterocycles. The van der Waals surface area contributed by atoms with Gasteiger partial charge in [0.15, 0.2) is 0 Å². The molecule has 1 aromatic heterocycles. The lowest BCUT2D eigenvalue weighted by Crippen LogP contribution is -2.31. The molecule has 156 valence electrons. The lowest BCUT2D eigenvalue weighted by molar-refractivity contribution is 0.0732. The average Bonchev–Trinajstić information content (AvgIpc) is 3.28. The van der Waals surface area contributed by atoms with E-state index in [4.69, 9.17) is 4.74 Å². The summed E-state index contributed by atoms with van der Waals surface area (Å²) in [5, 5.41) is 27.4. The first-order valence-corrected chi connectivity index (χ1v) is 9.90. The summed E-state index contributed by atoms with van der Waals surface area (Å²) in [6.07, 6.45) is 0.466. The van der Waals surface area contributed by atoms with Gasteiger partial charge in [-0.05, 0) is 55.2 Å². The number of nitrogens with one attached hydrogen (secondary N) is 1. The molecule has 7 nitrogen and oxygen atoms in total. The molecule has 1 amide bonds. The number of fused-ring (bicyclic) bond motifs is 1. The fourth-order valence-corrected chi connectivity index (χ4v) is 4.17. The molecule has 0 bridgehead atoms. The van der Waals surface area contributed by atoms with Crippen LogP contribution in [0.2, 0.25) is 0 Å². The highest BCUT2D eigenvalue weighted by Crippen LogP contribution is 2.45. The monoisotopic (exact) mass is 407 g/mol. The molecule has 3 N–H and O–H groups in total. The van der Waals surface area contributed by atoms with E-state index >= 15 is 0 Å². The van der Waals surface area contributed by atoms with Crippen LogP contribution in [-0.4, -0.2) is 51.5 Å². The minimum atomic E-state index is -0.400. The van der Waals surface area contributed by atoms with E-state index in [-0.39, 0.29) is 18.3 Å². The van der Waals surface area contributed by atoms with Crippen molar-refractivity contribution < 1.29 is 19.7 Å². The van der Waals surface area contributed by atoms with E-state index in [9.17, 15) is 15.0 Å². The maximum Gasteiger partial charge on any atom is 0.273 e. The molecule has 0 spiro atoms. The van der Waals surface area contributed by atoms with Crippen LogP contribution in [0.3, 0.4) is 0 Å². The van der Waals surface area contributed by atoms with E-state index < -0.39 is 6.04 Å². The summed E-state index contributed by atoms with van der Waals surface area (Å²) < 4.78 is 5.39. The molecule has 0 fully saturated rings. The fourth-order valence-electron chi connectivity index (χ4n) is 4.17. The maximum atomic E-state index is 13.2. The topological polar surface area (TPSA) is 98.7 Å². The number of amides is 1. The second-order valence-electron chi connectivity index (χ2n) is 7.59. The van der Waals surface area contributed by atoms with E-state index in [2.05, 4.69) is 10.2 Å². The standard InChI is InChI=1S/C23H25N3O4/c1-13-10-14(2)22(28)17(11-13)19-18-20(25-24-19)23(29)26(8-5-9-27)21(18)15-6-4-7-16(12-15)30-3/h4,6-7,10-12,21,27-28H,5,8-9H2,1-3H3,(H,24,25). The van der Waals surface area contributed by atoms with Crippen LogP contribution in [0.15, 0.2) is 36.4 Å². The van der Waals surface area contributed by atoms with Gasteiger partial charge in [0, 0.05) is 24.3 Å². The number of carbonyl (C=O) groups is 1. The highest BCUT2D eigenvalue weighted by Gasteiger charge is 2.42. The van der Waals surface area contributed by atoms with Gasteiger partial charge in [0.2, 0.25) is 0 Å². The van der Waals surface area contributed by atoms with Gasteiger partial charge in [-0.25, -0.2) is 0 Å². The molecule has 2 aromatic carbocycles. The van der Waals surface area contributed by atoms with Crippen LogP contribution in [0, 0.1) is 13.8 Å². The van der Waals surface area contributed by atoms with Gasteiger partial charge in [-0.3, -0.25) is 9.89 Å². The molecule has 1 atom stereocenters. The molecule has 0 saturated heterocycles. The molecule has 3 aromatic rings. The van der Waals surface area contributed by atoms with Gasteiger partial charge in [0.1, 0.15) is 22.9 Å². The van der Waals surface area contributed by atoms with Gasteiger partial charge in [-0.1, -0.05) is 18.2 Å². The number of hydrogen-bond donors (Lipinski definition) is 3. The zero-order chi connectivity index (χ0) is 21.4. The largest absolute Gasteiger partial charge is 0.507 e. The highest BCUT2D eigenvalue weighted by molar-refractivity contribution is 6.00. The molecule has 30 heavy (non-hydrogen) atoms. The third kappa shape index (κ3) is 3.21. The average molecular weight is 407 g/mol. The minimum absolute atomic E-state index is 0.00842. The third-order valence-electron chi connectivity index (χ3n) is 5.53. The smallest absolute Gasteiger partial charge is 0.273 e. The van der Waals surface area contributed by atoms with Crippen molar-refractivity contribution in [2.45, 2.75) is 26.3 Å². The quantitative estimate of drug-likeness (QED) is 0.582. The molecule has 0 saturated carbocycles. The number of H-pyrrole nitrogens is 1. The van der Waals surface area contributed by atoms with Crippen molar-refractivity contribution in [3.05, 3.63) is 64.3 Å². The molecule has 2 heterocycles. The maximum absolute atomic E-state index is 13.2. The highest BCUT2D eigenvalue weighted by atomic mass is 16.5. The number of phenols is 1. The van der Waals surface area contributed by atoms with Gasteiger partial charge in [-0.2, -0.15) is 5.10 Å². The first-order chi connectivity index (χ1) is 14.5. The van der Waals surface area contributed by atoms with Crippen LogP contribution >= 0.6 is 0 Å². The number of benzene rings is 2. The lowest BCUT2D eigenvalue weighted by atomic mass is 9.94. The SMILES string of the molecule is COc1cccc(C2c3c(-c4cc(C)cc(C)c4O)n[nH]c3C(=O)N2CCCO)c1. The van der Waals surface area contributed by atoms with E-state index in [0.29, 0.717) is 35.7 Å². The van der Waals surface area contributed by atoms with Crippen LogP contribution in [0.1, 0.15) is 45.2 Å². The van der Waals surface area contributed by atoms with E-state index in [1.165, 1.54) is 0 Å². The lowest BCUT2D eigenvalue weighted by Gasteiger charge is -2.26. The zero-order valence-corrected chi connectivity index (χ0v) is 17.3. The van der Waals surface area contributed by atoms with Crippen LogP contribution in [0.4, 0.5) is 0 Å². The molecule has 4 rings (SSSR count). The minimum Gasteiger partial charge on any atom is -0.507 e. The Morgan fingerprint density at radius 1 is 1.23 bits per heavy atom. The second kappa shape index (κ2) is 7.84. The number of aromatic nitrogens is 2. The normalized spacial score (nSPS) is 15.5. The predicted octanol–water partition coefficient (Wildman–Crippen LogP) is 3.34. The van der Waals surface area contributed by atoms with Crippen molar-refractivity contribution >= 4 is 5.91 Å². The number of carbonyl (C=O) groups excluding carboxylic acids is 1. The first-order valence-electron chi connectivity index (χ1n) is 9.90. The van der Waals surface area contributed by atoms with Crippen molar-refractivity contribution in [2.75, 3.05) is 20.3 Å². The Morgan fingerprint density at radius 2 is 2.03 bits per heavy atom. The Morgan fingerprint density at radius 3 is 2.77 bits per heavy atom. The number of hydrogen-bond acceptors (Lipinski definition) is 5. The van der Waals surface area contributed by atoms with E-state index in [0.717, 1.165) is 22.3 Å². The predicted molar refractivity (Wildman–Crippen MR) is 113 cm³/mol. The molecular weight excluding hydrogens is 382 g/mol. The van der Waals surface area contributed by atoms with Crippen LogP contribution in [0.25, 0.3) is 11.3 Å². The van der Waals surface area contributed by atoms with Crippen LogP contribution < -0.4 is 4.74 Å². The van der Waals surface area contributed by atoms with Gasteiger partial charge in [-0.15, -0.1) is 0 Å². The van der Waals surface area contributed by atoms with Gasteiger partial charge in [0.25, 0.3) is 5.91 Å². The number of phenolic OH excluding ortho intramolecular Hbond substituents is 1. The zero-order valence-electron chi connectivity index (χ0n) is 17.3. The first kappa shape index (κ1) is 20.0. The summed E-state index contributed by atoms with van der Waals surface area (Å²) in [5.74, 6) is 0.671. The van der Waals surface area contributed by atoms with Crippen molar-refractivity contribution in [2.24, 2.45) is 0 Å². The number of methoxy groups -OCH3 is 1. The Hall–Kier alpha value is -3.32. The Bertz CT molecular complexity index is 1110. The van der Waals surface area contributed by atoms with Crippen molar-refractivity contribution in [1.82, 2.24) is 15.1 Å². The summed E-state index contributed by atoms with van der Waals surface area (Å²) >= 11 is 0. The Balaban J connectivity index is 1.92. The second-order valence-corrected chi connectivity index (χ2v) is 7.59. The number of nitrogens with zero attached hydrogens (tertiary/aromatic N) is 2. The molecule has 7 heteroatoms. The van der Waals surface area contributed by atoms with Gasteiger partial charge >= 0.3 is 0 Å². The fraction of sp³-hybridized carbons (Fsp3) is 0.304. The van der Waals surface area contributed by atoms with Crippen molar-refractivity contribution in [1.29, 1.82) is 0 Å². The Kier molecular flexibility index (Phi) is 5.22. The van der Waals surface area contributed by atoms with Gasteiger partial charge < -0.3 is 19.8 Å². The number of rotatable bonds is 6. The summed E-state index contributed by atoms with van der Waals surface area (Å²) in [6.45, 7) is 4.20. The number of aromatic amines is 1.